The van der Waals surface area contributed by atoms with Gasteiger partial charge in [0.1, 0.15) is 17.5 Å². The lowest BCUT2D eigenvalue weighted by Gasteiger charge is -2.42. The number of nitrogens with zero attached hydrogens (tertiary/aromatic N) is 3. The molecule has 2 amide bonds. The van der Waals surface area contributed by atoms with Crippen molar-refractivity contribution < 1.29 is 23.8 Å². The van der Waals surface area contributed by atoms with Crippen molar-refractivity contribution in [3.8, 4) is 17.6 Å². The molecule has 2 fully saturated rings. The second kappa shape index (κ2) is 6.13. The Kier molecular flexibility index (Phi) is 4.00. The fraction of sp³-hybridized carbons (Fsp3) is 0.526. The highest BCUT2D eigenvalue weighted by atomic mass is 16.7. The smallest absolute Gasteiger partial charge is 0.246 e. The van der Waals surface area contributed by atoms with E-state index in [0.717, 1.165) is 5.56 Å². The molecule has 0 aromatic heterocycles. The summed E-state index contributed by atoms with van der Waals surface area (Å²) in [6.45, 7) is 1.96. The third kappa shape index (κ3) is 2.38. The van der Waals surface area contributed by atoms with E-state index in [1.165, 1.54) is 12.0 Å². The summed E-state index contributed by atoms with van der Waals surface area (Å²) in [7, 11) is 3.14. The summed E-state index contributed by atoms with van der Waals surface area (Å²) in [4.78, 5) is 29.0. The van der Waals surface area contributed by atoms with Gasteiger partial charge in [0.05, 0.1) is 18.7 Å². The van der Waals surface area contributed by atoms with Crippen LogP contribution in [0.15, 0.2) is 18.2 Å². The van der Waals surface area contributed by atoms with Crippen molar-refractivity contribution in [3.63, 3.8) is 0 Å². The maximum Gasteiger partial charge on any atom is 0.246 e. The van der Waals surface area contributed by atoms with E-state index in [1.54, 1.807) is 31.0 Å². The third-order valence-electron chi connectivity index (χ3n) is 5.86. The third-order valence-corrected chi connectivity index (χ3v) is 5.86. The van der Waals surface area contributed by atoms with E-state index in [-0.39, 0.29) is 31.6 Å². The van der Waals surface area contributed by atoms with Gasteiger partial charge >= 0.3 is 0 Å². The number of ether oxygens (including phenoxy) is 3. The van der Waals surface area contributed by atoms with E-state index in [2.05, 4.69) is 6.07 Å². The average molecular weight is 371 g/mol. The maximum atomic E-state index is 13.1. The maximum absolute atomic E-state index is 13.1. The first-order valence-corrected chi connectivity index (χ1v) is 8.82. The first-order valence-electron chi connectivity index (χ1n) is 8.82. The minimum absolute atomic E-state index is 0.119. The van der Waals surface area contributed by atoms with Crippen LogP contribution in [0, 0.1) is 16.7 Å². The molecular weight excluding hydrogens is 350 g/mol. The van der Waals surface area contributed by atoms with Crippen molar-refractivity contribution >= 4 is 11.8 Å². The monoisotopic (exact) mass is 371 g/mol. The molecule has 142 valence electrons. The number of hydrogen-bond acceptors (Lipinski definition) is 6. The van der Waals surface area contributed by atoms with Crippen molar-refractivity contribution in [3.05, 3.63) is 23.8 Å². The fourth-order valence-electron chi connectivity index (χ4n) is 4.39. The molecule has 2 saturated heterocycles. The van der Waals surface area contributed by atoms with E-state index >= 15 is 0 Å². The minimum Gasteiger partial charge on any atom is -0.454 e. The zero-order valence-electron chi connectivity index (χ0n) is 15.5. The molecule has 8 heteroatoms. The van der Waals surface area contributed by atoms with Gasteiger partial charge in [-0.25, -0.2) is 0 Å². The predicted molar refractivity (Wildman–Crippen MR) is 92.7 cm³/mol. The molecule has 1 aromatic rings. The lowest BCUT2D eigenvalue weighted by Crippen LogP contribution is -2.60. The second-order valence-corrected chi connectivity index (χ2v) is 7.31. The van der Waals surface area contributed by atoms with Crippen LogP contribution in [0.1, 0.15) is 24.9 Å². The SMILES string of the molecule is COCC1(C#N)CC2C(=O)N(C)[C@H](C)C(=O)N2C1c1ccc2c(c1)OCO2. The standard InChI is InChI=1S/C19H21N3O5/c1-11-17(23)22-13(18(24)21(11)2)7-19(8-20,9-25-3)16(22)12-4-5-14-15(6-12)27-10-26-14/h4-6,11,13,16H,7,9-10H2,1-3H3/t11-,13?,16?,19?/m1/s1. The van der Waals surface area contributed by atoms with Gasteiger partial charge in [-0.15, -0.1) is 0 Å². The van der Waals surface area contributed by atoms with Crippen LogP contribution in [0.25, 0.3) is 0 Å². The topological polar surface area (TPSA) is 92.1 Å². The summed E-state index contributed by atoms with van der Waals surface area (Å²) in [5.41, 5.74) is -0.290. The van der Waals surface area contributed by atoms with Crippen LogP contribution < -0.4 is 9.47 Å². The predicted octanol–water partition coefficient (Wildman–Crippen LogP) is 1.07. The molecule has 1 aromatic carbocycles. The highest BCUT2D eigenvalue weighted by Gasteiger charge is 2.60. The Balaban J connectivity index is 1.85. The normalized spacial score (nSPS) is 31.9. The number of piperazine rings is 1. The first-order chi connectivity index (χ1) is 12.9. The minimum atomic E-state index is -1.02. The number of carbonyl (C=O) groups excluding carboxylic acids is 2. The summed E-state index contributed by atoms with van der Waals surface area (Å²) in [5, 5.41) is 10.1. The Morgan fingerprint density at radius 1 is 1.30 bits per heavy atom. The van der Waals surface area contributed by atoms with Gasteiger partial charge < -0.3 is 24.0 Å². The fourth-order valence-corrected chi connectivity index (χ4v) is 4.39. The molecule has 0 saturated carbocycles. The highest BCUT2D eigenvalue weighted by molar-refractivity contribution is 5.97. The van der Waals surface area contributed by atoms with Crippen molar-refractivity contribution in [2.75, 3.05) is 27.6 Å². The van der Waals surface area contributed by atoms with Crippen LogP contribution in [-0.2, 0) is 14.3 Å². The lowest BCUT2D eigenvalue weighted by atomic mass is 9.78. The summed E-state index contributed by atoms with van der Waals surface area (Å²) in [6.07, 6.45) is 0.234. The molecule has 0 bridgehead atoms. The van der Waals surface area contributed by atoms with E-state index in [9.17, 15) is 14.9 Å². The van der Waals surface area contributed by atoms with Gasteiger partial charge in [-0.2, -0.15) is 5.26 Å². The number of hydrogen-bond donors (Lipinski definition) is 0. The summed E-state index contributed by atoms with van der Waals surface area (Å²) < 4.78 is 16.2. The van der Waals surface area contributed by atoms with Crippen LogP contribution in [0.4, 0.5) is 0 Å². The van der Waals surface area contributed by atoms with Crippen molar-refractivity contribution in [1.29, 1.82) is 5.26 Å². The Morgan fingerprint density at radius 2 is 2.04 bits per heavy atom. The number of rotatable bonds is 3. The Bertz CT molecular complexity index is 850. The van der Waals surface area contributed by atoms with Gasteiger partial charge in [-0.05, 0) is 24.6 Å². The molecule has 4 rings (SSSR count). The molecule has 3 heterocycles. The molecule has 4 atom stereocenters. The Hall–Kier alpha value is -2.79. The summed E-state index contributed by atoms with van der Waals surface area (Å²) >= 11 is 0. The van der Waals surface area contributed by atoms with Crippen molar-refractivity contribution in [1.82, 2.24) is 9.80 Å². The number of benzene rings is 1. The molecule has 0 radical (unpaired) electrons. The number of fused-ring (bicyclic) bond motifs is 2. The van der Waals surface area contributed by atoms with Crippen LogP contribution >= 0.6 is 0 Å². The van der Waals surface area contributed by atoms with E-state index in [1.807, 2.05) is 6.07 Å². The zero-order valence-corrected chi connectivity index (χ0v) is 15.5. The average Bonchev–Trinajstić information content (AvgIpc) is 3.27. The van der Waals surface area contributed by atoms with Crippen molar-refractivity contribution in [2.24, 2.45) is 5.41 Å². The van der Waals surface area contributed by atoms with E-state index in [0.29, 0.717) is 11.5 Å². The molecule has 3 aliphatic rings. The van der Waals surface area contributed by atoms with Gasteiger partial charge in [-0.3, -0.25) is 9.59 Å². The van der Waals surface area contributed by atoms with Crippen LogP contribution in [0.3, 0.4) is 0 Å². The van der Waals surface area contributed by atoms with Crippen molar-refractivity contribution in [2.45, 2.75) is 31.5 Å². The molecule has 27 heavy (non-hydrogen) atoms. The van der Waals surface area contributed by atoms with Gasteiger partial charge in [-0.1, -0.05) is 6.07 Å². The first kappa shape index (κ1) is 17.6. The van der Waals surface area contributed by atoms with Crippen LogP contribution in [-0.4, -0.2) is 61.3 Å². The Labute approximate surface area is 157 Å². The quantitative estimate of drug-likeness (QED) is 0.789. The molecule has 0 spiro atoms. The van der Waals surface area contributed by atoms with Gasteiger partial charge in [0.25, 0.3) is 0 Å². The van der Waals surface area contributed by atoms with Gasteiger partial charge in [0, 0.05) is 20.6 Å². The van der Waals surface area contributed by atoms with Gasteiger partial charge in [0.2, 0.25) is 18.6 Å². The largest absolute Gasteiger partial charge is 0.454 e. The van der Waals surface area contributed by atoms with Gasteiger partial charge in [0.15, 0.2) is 11.5 Å². The molecule has 8 nitrogen and oxygen atoms in total. The number of amides is 2. The number of nitriles is 1. The molecule has 0 N–H and O–H groups in total. The summed E-state index contributed by atoms with van der Waals surface area (Å²) in [5.74, 6) is 0.872. The second-order valence-electron chi connectivity index (χ2n) is 7.31. The van der Waals surface area contributed by atoms with Crippen LogP contribution in [0.2, 0.25) is 0 Å². The zero-order chi connectivity index (χ0) is 19.3. The number of likely N-dealkylation sites (N-methyl/N-ethyl adjacent to an activating group) is 1. The summed E-state index contributed by atoms with van der Waals surface area (Å²) in [6, 6.07) is 5.88. The highest BCUT2D eigenvalue weighted by Crippen LogP contribution is 2.53. The van der Waals surface area contributed by atoms with Crippen LogP contribution in [0.5, 0.6) is 11.5 Å². The molecule has 3 unspecified atom stereocenters. The van der Waals surface area contributed by atoms with E-state index < -0.39 is 23.5 Å². The Morgan fingerprint density at radius 3 is 2.74 bits per heavy atom. The molecule has 3 aliphatic heterocycles. The lowest BCUT2D eigenvalue weighted by molar-refractivity contribution is -0.159. The van der Waals surface area contributed by atoms with E-state index in [4.69, 9.17) is 14.2 Å². The number of carbonyl (C=O) groups is 2. The molecular formula is C19H21N3O5. The molecule has 0 aliphatic carbocycles. The number of methoxy groups -OCH3 is 1.